The third kappa shape index (κ3) is 3.32. The largest absolute Gasteiger partial charge is 0.449 e. The van der Waals surface area contributed by atoms with Crippen molar-refractivity contribution in [1.82, 2.24) is 5.32 Å². The van der Waals surface area contributed by atoms with Crippen LogP contribution < -0.4 is 5.32 Å². The lowest BCUT2D eigenvalue weighted by Gasteiger charge is -2.15. The highest BCUT2D eigenvalue weighted by Gasteiger charge is 2.29. The predicted molar refractivity (Wildman–Crippen MR) is 98.0 cm³/mol. The topological polar surface area (TPSA) is 67.8 Å². The van der Waals surface area contributed by atoms with Gasteiger partial charge in [-0.15, -0.1) is 0 Å². The molecule has 5 nitrogen and oxygen atoms in total. The van der Waals surface area contributed by atoms with Crippen LogP contribution in [0.4, 0.5) is 4.79 Å². The average Bonchev–Trinajstić information content (AvgIpc) is 3.21. The van der Waals surface area contributed by atoms with Crippen LogP contribution in [0.25, 0.3) is 11.1 Å². The summed E-state index contributed by atoms with van der Waals surface area (Å²) in [5, 5.41) is 12.5. The number of hydrogen-bond donors (Lipinski definition) is 2. The fraction of sp³-hybridized carbons (Fsp3) is 0.381. The van der Waals surface area contributed by atoms with Crippen molar-refractivity contribution < 1.29 is 19.4 Å². The fourth-order valence-electron chi connectivity index (χ4n) is 3.87. The molecular weight excluding hydrogens is 330 g/mol. The molecule has 2 N–H and O–H groups in total. The van der Waals surface area contributed by atoms with Crippen LogP contribution in [0.1, 0.15) is 23.5 Å². The number of ether oxygens (including phenoxy) is 2. The summed E-state index contributed by atoms with van der Waals surface area (Å²) >= 11 is 0. The van der Waals surface area contributed by atoms with Crippen LogP contribution in [0.15, 0.2) is 48.5 Å². The SMILES string of the molecule is O=C(NCC[C@@H]1COC[C@H]1O)OCC1c2ccccc2-c2ccccc21. The van der Waals surface area contributed by atoms with E-state index in [1.54, 1.807) is 0 Å². The van der Waals surface area contributed by atoms with E-state index in [9.17, 15) is 9.90 Å². The Bertz CT molecular complexity index is 746. The van der Waals surface area contributed by atoms with Gasteiger partial charge in [-0.3, -0.25) is 0 Å². The van der Waals surface area contributed by atoms with Gasteiger partial charge in [0.1, 0.15) is 6.61 Å². The van der Waals surface area contributed by atoms with Gasteiger partial charge in [-0.2, -0.15) is 0 Å². The molecular formula is C21H23NO4. The zero-order chi connectivity index (χ0) is 17.9. The molecule has 1 heterocycles. The van der Waals surface area contributed by atoms with Crippen molar-refractivity contribution in [2.75, 3.05) is 26.4 Å². The van der Waals surface area contributed by atoms with E-state index in [1.165, 1.54) is 22.3 Å². The molecule has 2 aliphatic rings. The number of benzene rings is 2. The molecule has 1 fully saturated rings. The fourth-order valence-corrected chi connectivity index (χ4v) is 3.87. The Labute approximate surface area is 152 Å². The lowest BCUT2D eigenvalue weighted by atomic mass is 9.98. The van der Waals surface area contributed by atoms with Gasteiger partial charge in [-0.1, -0.05) is 48.5 Å². The molecule has 1 amide bonds. The van der Waals surface area contributed by atoms with E-state index < -0.39 is 12.2 Å². The lowest BCUT2D eigenvalue weighted by molar-refractivity contribution is 0.116. The Morgan fingerprint density at radius 2 is 1.73 bits per heavy atom. The number of alkyl carbamates (subject to hydrolysis) is 1. The monoisotopic (exact) mass is 353 g/mol. The van der Waals surface area contributed by atoms with Crippen LogP contribution in [-0.4, -0.2) is 43.7 Å². The summed E-state index contributed by atoms with van der Waals surface area (Å²) in [4.78, 5) is 12.1. The van der Waals surface area contributed by atoms with E-state index in [2.05, 4.69) is 29.6 Å². The summed E-state index contributed by atoms with van der Waals surface area (Å²) in [6.45, 7) is 1.72. The Balaban J connectivity index is 1.33. The van der Waals surface area contributed by atoms with Gasteiger partial charge in [0.05, 0.1) is 19.3 Å². The highest BCUT2D eigenvalue weighted by molar-refractivity contribution is 5.79. The molecule has 1 aliphatic heterocycles. The number of hydrogen-bond acceptors (Lipinski definition) is 4. The minimum absolute atomic E-state index is 0.0678. The second kappa shape index (κ2) is 7.48. The zero-order valence-electron chi connectivity index (χ0n) is 14.6. The summed E-state index contributed by atoms with van der Waals surface area (Å²) in [5.74, 6) is 0.155. The quantitative estimate of drug-likeness (QED) is 0.867. The highest BCUT2D eigenvalue weighted by atomic mass is 16.5. The number of carbonyl (C=O) groups excluding carboxylic acids is 1. The second-order valence-corrected chi connectivity index (χ2v) is 6.91. The van der Waals surface area contributed by atoms with E-state index in [4.69, 9.17) is 9.47 Å². The van der Waals surface area contributed by atoms with Crippen molar-refractivity contribution in [3.8, 4) is 11.1 Å². The van der Waals surface area contributed by atoms with E-state index in [1.807, 2.05) is 24.3 Å². The molecule has 4 rings (SSSR count). The Morgan fingerprint density at radius 1 is 1.08 bits per heavy atom. The summed E-state index contributed by atoms with van der Waals surface area (Å²) in [6, 6.07) is 16.5. The molecule has 0 spiro atoms. The third-order valence-electron chi connectivity index (χ3n) is 5.29. The zero-order valence-corrected chi connectivity index (χ0v) is 14.6. The minimum atomic E-state index is -0.431. The van der Waals surface area contributed by atoms with Crippen molar-refractivity contribution in [2.24, 2.45) is 5.92 Å². The summed E-state index contributed by atoms with van der Waals surface area (Å²) in [5.41, 5.74) is 4.83. The normalized spacial score (nSPS) is 21.3. The maximum absolute atomic E-state index is 12.1. The molecule has 0 radical (unpaired) electrons. The van der Waals surface area contributed by atoms with Crippen LogP contribution in [0.2, 0.25) is 0 Å². The van der Waals surface area contributed by atoms with Crippen molar-refractivity contribution in [2.45, 2.75) is 18.4 Å². The molecule has 1 saturated heterocycles. The molecule has 5 heteroatoms. The minimum Gasteiger partial charge on any atom is -0.449 e. The van der Waals surface area contributed by atoms with Crippen LogP contribution in [0.5, 0.6) is 0 Å². The Kier molecular flexibility index (Phi) is 4.91. The van der Waals surface area contributed by atoms with Crippen molar-refractivity contribution in [3.63, 3.8) is 0 Å². The summed E-state index contributed by atoms with van der Waals surface area (Å²) in [6.07, 6.45) is -0.162. The van der Waals surface area contributed by atoms with Gasteiger partial charge in [0.15, 0.2) is 0 Å². The number of fused-ring (bicyclic) bond motifs is 3. The van der Waals surface area contributed by atoms with Crippen LogP contribution in [0.3, 0.4) is 0 Å². The third-order valence-corrected chi connectivity index (χ3v) is 5.29. The molecule has 2 aromatic rings. The average molecular weight is 353 g/mol. The smallest absolute Gasteiger partial charge is 0.407 e. The molecule has 2 aromatic carbocycles. The van der Waals surface area contributed by atoms with Gasteiger partial charge < -0.3 is 19.9 Å². The van der Waals surface area contributed by atoms with Crippen LogP contribution >= 0.6 is 0 Å². The van der Waals surface area contributed by atoms with Gasteiger partial charge in [-0.25, -0.2) is 4.79 Å². The molecule has 0 aromatic heterocycles. The number of aliphatic hydroxyl groups is 1. The Morgan fingerprint density at radius 3 is 2.35 bits per heavy atom. The van der Waals surface area contributed by atoms with Gasteiger partial charge in [0.2, 0.25) is 0 Å². The number of nitrogens with one attached hydrogen (secondary N) is 1. The molecule has 1 aliphatic carbocycles. The van der Waals surface area contributed by atoms with E-state index >= 15 is 0 Å². The van der Waals surface area contributed by atoms with E-state index in [0.29, 0.717) is 32.8 Å². The van der Waals surface area contributed by atoms with Crippen LogP contribution in [-0.2, 0) is 9.47 Å². The number of aliphatic hydroxyl groups excluding tert-OH is 1. The van der Waals surface area contributed by atoms with Crippen molar-refractivity contribution in [3.05, 3.63) is 59.7 Å². The lowest BCUT2D eigenvalue weighted by Crippen LogP contribution is -2.30. The first-order valence-electron chi connectivity index (χ1n) is 9.08. The van der Waals surface area contributed by atoms with Crippen molar-refractivity contribution in [1.29, 1.82) is 0 Å². The summed E-state index contributed by atoms with van der Waals surface area (Å²) < 4.78 is 10.7. The molecule has 0 bridgehead atoms. The van der Waals surface area contributed by atoms with E-state index in [-0.39, 0.29) is 11.8 Å². The Hall–Kier alpha value is -2.37. The molecule has 26 heavy (non-hydrogen) atoms. The molecule has 0 saturated carbocycles. The number of carbonyl (C=O) groups is 1. The first kappa shape index (κ1) is 17.1. The second-order valence-electron chi connectivity index (χ2n) is 6.91. The van der Waals surface area contributed by atoms with Gasteiger partial charge in [0.25, 0.3) is 0 Å². The van der Waals surface area contributed by atoms with Gasteiger partial charge >= 0.3 is 6.09 Å². The van der Waals surface area contributed by atoms with Crippen LogP contribution in [0, 0.1) is 5.92 Å². The maximum Gasteiger partial charge on any atom is 0.407 e. The van der Waals surface area contributed by atoms with Crippen molar-refractivity contribution >= 4 is 6.09 Å². The van der Waals surface area contributed by atoms with Gasteiger partial charge in [-0.05, 0) is 28.7 Å². The summed E-state index contributed by atoms with van der Waals surface area (Å²) in [7, 11) is 0. The molecule has 0 unspecified atom stereocenters. The highest BCUT2D eigenvalue weighted by Crippen LogP contribution is 2.44. The first-order valence-corrected chi connectivity index (χ1v) is 9.08. The first-order chi connectivity index (χ1) is 12.7. The maximum atomic E-state index is 12.1. The molecule has 2 atom stereocenters. The number of rotatable bonds is 5. The van der Waals surface area contributed by atoms with Gasteiger partial charge in [0, 0.05) is 18.4 Å². The number of amides is 1. The molecule has 136 valence electrons. The predicted octanol–water partition coefficient (Wildman–Crippen LogP) is 2.92. The standard InChI is InChI=1S/C21H23NO4/c23-20-13-25-11-14(20)9-10-22-21(24)26-12-19-17-7-3-1-5-15(17)16-6-2-4-8-18(16)19/h1-8,14,19-20,23H,9-13H2,(H,22,24)/t14-,20-/m1/s1. The van der Waals surface area contributed by atoms with E-state index in [0.717, 1.165) is 0 Å².